The van der Waals surface area contributed by atoms with E-state index in [4.69, 9.17) is 13.9 Å². The lowest BCUT2D eigenvalue weighted by Crippen LogP contribution is -2.35. The fourth-order valence-electron chi connectivity index (χ4n) is 4.10. The first-order valence-electron chi connectivity index (χ1n) is 11.9. The zero-order valence-electron chi connectivity index (χ0n) is 20.4. The second-order valence-corrected chi connectivity index (χ2v) is 8.28. The van der Waals surface area contributed by atoms with Gasteiger partial charge in [-0.25, -0.2) is 9.79 Å². The molecule has 0 atom stereocenters. The van der Waals surface area contributed by atoms with Crippen LogP contribution in [0.5, 0.6) is 5.75 Å². The summed E-state index contributed by atoms with van der Waals surface area (Å²) in [6.07, 6.45) is 0. The van der Waals surface area contributed by atoms with Crippen molar-refractivity contribution in [1.82, 2.24) is 5.32 Å². The van der Waals surface area contributed by atoms with Gasteiger partial charge in [-0.3, -0.25) is 4.79 Å². The van der Waals surface area contributed by atoms with Crippen LogP contribution in [0.1, 0.15) is 30.0 Å². The number of ether oxygens (including phenoxy) is 2. The molecule has 2 N–H and O–H groups in total. The number of carbonyl (C=O) groups is 2. The molecule has 0 saturated carbocycles. The topological polar surface area (TPSA) is 102 Å². The number of carbonyl (C=O) groups excluding carboxylic acids is 2. The number of rotatable bonds is 6. The fraction of sp³-hybridized carbons (Fsp3) is 0.138. The first-order chi connectivity index (χ1) is 18.0. The van der Waals surface area contributed by atoms with Crippen molar-refractivity contribution >= 4 is 40.1 Å². The van der Waals surface area contributed by atoms with Crippen molar-refractivity contribution in [3.05, 3.63) is 101 Å². The molecule has 0 saturated heterocycles. The maximum absolute atomic E-state index is 13.6. The van der Waals surface area contributed by atoms with Gasteiger partial charge in [0.15, 0.2) is 5.76 Å². The third kappa shape index (κ3) is 4.95. The van der Waals surface area contributed by atoms with Crippen LogP contribution in [-0.4, -0.2) is 24.3 Å². The van der Waals surface area contributed by atoms with E-state index in [9.17, 15) is 9.59 Å². The number of amidine groups is 1. The highest BCUT2D eigenvalue weighted by Gasteiger charge is 2.29. The van der Waals surface area contributed by atoms with E-state index in [1.807, 2.05) is 66.7 Å². The number of nitrogens with zero attached hydrogens (tertiary/aromatic N) is 1. The molecule has 37 heavy (non-hydrogen) atoms. The van der Waals surface area contributed by atoms with E-state index in [1.54, 1.807) is 26.0 Å². The van der Waals surface area contributed by atoms with Crippen LogP contribution in [0.2, 0.25) is 0 Å². The average Bonchev–Trinajstić information content (AvgIpc) is 3.21. The molecule has 0 fully saturated rings. The smallest absolute Gasteiger partial charge is 0.343 e. The lowest BCUT2D eigenvalue weighted by molar-refractivity contribution is -0.137. The number of benzene rings is 3. The first kappa shape index (κ1) is 23.9. The molecule has 0 unspecified atom stereocenters. The zero-order valence-corrected chi connectivity index (χ0v) is 20.4. The number of allylic oxidation sites excluding steroid dienone is 1. The summed E-state index contributed by atoms with van der Waals surface area (Å²) in [4.78, 5) is 31.2. The molecule has 1 aliphatic rings. The maximum atomic E-state index is 13.6. The van der Waals surface area contributed by atoms with Crippen molar-refractivity contribution in [2.24, 2.45) is 4.99 Å². The van der Waals surface area contributed by atoms with Gasteiger partial charge >= 0.3 is 5.97 Å². The van der Waals surface area contributed by atoms with Crippen LogP contribution in [0, 0.1) is 0 Å². The second-order valence-electron chi connectivity index (χ2n) is 8.28. The summed E-state index contributed by atoms with van der Waals surface area (Å²) in [5, 5.41) is 6.75. The molecule has 1 aromatic heterocycles. The van der Waals surface area contributed by atoms with Crippen molar-refractivity contribution < 1.29 is 23.5 Å². The standard InChI is InChI=1S/C29H25N3O5/c1-3-35-29(34)25-18(2)30-22-14-8-9-15-23(22)31-27(25)32-28(33)26-21(17-36-19-11-5-4-6-12-19)20-13-7-10-16-24(20)37-26/h4-16,30H,3,17H2,1-2H3,(H,31,32,33). The summed E-state index contributed by atoms with van der Waals surface area (Å²) in [6, 6.07) is 24.0. The number of hydrogen-bond acceptors (Lipinski definition) is 7. The van der Waals surface area contributed by atoms with Crippen LogP contribution in [0.15, 0.2) is 99.5 Å². The van der Waals surface area contributed by atoms with Gasteiger partial charge in [0.05, 0.1) is 18.0 Å². The molecule has 1 amide bonds. The van der Waals surface area contributed by atoms with Gasteiger partial charge < -0.3 is 24.5 Å². The number of nitrogens with one attached hydrogen (secondary N) is 2. The molecule has 3 aromatic carbocycles. The van der Waals surface area contributed by atoms with Gasteiger partial charge in [-0.1, -0.05) is 48.5 Å². The predicted molar refractivity (Wildman–Crippen MR) is 141 cm³/mol. The summed E-state index contributed by atoms with van der Waals surface area (Å²) >= 11 is 0. The number of fused-ring (bicyclic) bond motifs is 2. The van der Waals surface area contributed by atoms with Crippen molar-refractivity contribution in [3.8, 4) is 5.75 Å². The Morgan fingerprint density at radius 3 is 2.51 bits per heavy atom. The minimum atomic E-state index is -0.600. The summed E-state index contributed by atoms with van der Waals surface area (Å²) in [7, 11) is 0. The van der Waals surface area contributed by atoms with Crippen LogP contribution < -0.4 is 15.4 Å². The molecule has 4 aromatic rings. The van der Waals surface area contributed by atoms with Crippen LogP contribution in [0.4, 0.5) is 11.4 Å². The average molecular weight is 496 g/mol. The first-order valence-corrected chi connectivity index (χ1v) is 11.9. The number of esters is 1. The minimum absolute atomic E-state index is 0.0637. The molecule has 186 valence electrons. The Morgan fingerprint density at radius 2 is 1.70 bits per heavy atom. The number of aliphatic imine (C=N–C) groups is 1. The van der Waals surface area contributed by atoms with E-state index in [0.29, 0.717) is 34.0 Å². The predicted octanol–water partition coefficient (Wildman–Crippen LogP) is 5.73. The van der Waals surface area contributed by atoms with Gasteiger partial charge in [-0.15, -0.1) is 0 Å². The van der Waals surface area contributed by atoms with Crippen LogP contribution in [-0.2, 0) is 16.1 Å². The lowest BCUT2D eigenvalue weighted by atomic mass is 10.1. The quantitative estimate of drug-likeness (QED) is 0.331. The van der Waals surface area contributed by atoms with Crippen molar-refractivity contribution in [1.29, 1.82) is 0 Å². The van der Waals surface area contributed by atoms with E-state index >= 15 is 0 Å². The van der Waals surface area contributed by atoms with Crippen molar-refractivity contribution in [3.63, 3.8) is 0 Å². The summed E-state index contributed by atoms with van der Waals surface area (Å²) in [5.74, 6) is -0.356. The molecule has 0 aliphatic carbocycles. The summed E-state index contributed by atoms with van der Waals surface area (Å²) in [6.45, 7) is 3.74. The van der Waals surface area contributed by atoms with E-state index in [2.05, 4.69) is 15.6 Å². The highest BCUT2D eigenvalue weighted by molar-refractivity contribution is 6.25. The molecule has 1 aliphatic heterocycles. The Hall–Kier alpha value is -4.85. The number of amides is 1. The van der Waals surface area contributed by atoms with Gasteiger partial charge in [0.2, 0.25) is 0 Å². The summed E-state index contributed by atoms with van der Waals surface area (Å²) in [5.41, 5.74) is 3.03. The Labute approximate surface area is 213 Å². The number of para-hydroxylation sites is 4. The number of anilines is 1. The van der Waals surface area contributed by atoms with Crippen molar-refractivity contribution in [2.45, 2.75) is 20.5 Å². The molecular formula is C29H25N3O5. The molecule has 0 spiro atoms. The third-order valence-corrected chi connectivity index (χ3v) is 5.81. The zero-order chi connectivity index (χ0) is 25.8. The highest BCUT2D eigenvalue weighted by atomic mass is 16.5. The second kappa shape index (κ2) is 10.4. The van der Waals surface area contributed by atoms with E-state index in [0.717, 1.165) is 5.39 Å². The highest BCUT2D eigenvalue weighted by Crippen LogP contribution is 2.31. The van der Waals surface area contributed by atoms with Gasteiger partial charge in [-0.2, -0.15) is 0 Å². The largest absolute Gasteiger partial charge is 0.489 e. The fourth-order valence-corrected chi connectivity index (χ4v) is 4.10. The third-order valence-electron chi connectivity index (χ3n) is 5.81. The molecule has 8 heteroatoms. The Morgan fingerprint density at radius 1 is 0.973 bits per heavy atom. The van der Waals surface area contributed by atoms with Crippen molar-refractivity contribution in [2.75, 3.05) is 11.9 Å². The van der Waals surface area contributed by atoms with Crippen LogP contribution >= 0.6 is 0 Å². The summed E-state index contributed by atoms with van der Waals surface area (Å²) < 4.78 is 17.2. The van der Waals surface area contributed by atoms with Crippen LogP contribution in [0.25, 0.3) is 11.0 Å². The molecule has 0 radical (unpaired) electrons. The minimum Gasteiger partial charge on any atom is -0.489 e. The van der Waals surface area contributed by atoms with E-state index in [-0.39, 0.29) is 30.4 Å². The van der Waals surface area contributed by atoms with Gasteiger partial charge in [0, 0.05) is 16.6 Å². The molecule has 8 nitrogen and oxygen atoms in total. The normalized spacial score (nSPS) is 12.8. The molecule has 5 rings (SSSR count). The van der Waals surface area contributed by atoms with Gasteiger partial charge in [-0.05, 0) is 44.2 Å². The molecule has 2 heterocycles. The monoisotopic (exact) mass is 495 g/mol. The Kier molecular flexibility index (Phi) is 6.72. The SMILES string of the molecule is CCOC(=O)C1=C(C)Nc2ccccc2N=C1NC(=O)c1oc2ccccc2c1COc1ccccc1. The number of hydrogen-bond donors (Lipinski definition) is 2. The van der Waals surface area contributed by atoms with Gasteiger partial charge in [0.25, 0.3) is 5.91 Å². The maximum Gasteiger partial charge on any atom is 0.343 e. The van der Waals surface area contributed by atoms with E-state index in [1.165, 1.54) is 0 Å². The van der Waals surface area contributed by atoms with Gasteiger partial charge in [0.1, 0.15) is 29.3 Å². The molecule has 0 bridgehead atoms. The van der Waals surface area contributed by atoms with Crippen LogP contribution in [0.3, 0.4) is 0 Å². The van der Waals surface area contributed by atoms with E-state index < -0.39 is 11.9 Å². The lowest BCUT2D eigenvalue weighted by Gasteiger charge is -2.13. The Balaban J connectivity index is 1.53. The Bertz CT molecular complexity index is 1540. The molecular weight excluding hydrogens is 470 g/mol. The number of furan rings is 1.